The molecule has 1 aliphatic heterocycles. The molecule has 1 amide bonds. The molecule has 0 radical (unpaired) electrons. The van der Waals surface area contributed by atoms with Crippen molar-refractivity contribution in [1.82, 2.24) is 10.2 Å². The average Bonchev–Trinajstić information content (AvgIpc) is 2.85. The summed E-state index contributed by atoms with van der Waals surface area (Å²) in [5.74, 6) is 0.534. The van der Waals surface area contributed by atoms with Crippen molar-refractivity contribution in [3.63, 3.8) is 0 Å². The molecule has 1 unspecified atom stereocenters. The summed E-state index contributed by atoms with van der Waals surface area (Å²) in [6.07, 6.45) is 2.55. The molecule has 0 aliphatic carbocycles. The van der Waals surface area contributed by atoms with Crippen molar-refractivity contribution in [2.75, 3.05) is 18.5 Å². The van der Waals surface area contributed by atoms with E-state index in [4.69, 9.17) is 10.5 Å². The molecule has 2 heterocycles. The fourth-order valence-corrected chi connectivity index (χ4v) is 3.17. The molecule has 0 saturated carbocycles. The number of amides is 1. The van der Waals surface area contributed by atoms with E-state index in [-0.39, 0.29) is 24.2 Å². The molecule has 21 heavy (non-hydrogen) atoms. The maximum Gasteiger partial charge on any atom is 0.243 e. The van der Waals surface area contributed by atoms with Crippen LogP contribution in [0.1, 0.15) is 31.7 Å². The number of nitrogens with two attached hydrogens (primary N) is 1. The number of aromatic nitrogens is 2. The number of carbonyl (C=O) groups is 1. The predicted molar refractivity (Wildman–Crippen MR) is 85.8 cm³/mol. The molecule has 120 valence electrons. The number of halogens is 1. The third kappa shape index (κ3) is 5.50. The van der Waals surface area contributed by atoms with Gasteiger partial charge in [-0.05, 0) is 24.7 Å². The monoisotopic (exact) mass is 334 g/mol. The Labute approximate surface area is 135 Å². The summed E-state index contributed by atoms with van der Waals surface area (Å²) in [4.78, 5) is 12.1. The maximum atomic E-state index is 12.1. The van der Waals surface area contributed by atoms with Crippen molar-refractivity contribution < 1.29 is 9.53 Å². The smallest absolute Gasteiger partial charge is 0.243 e. The highest BCUT2D eigenvalue weighted by Crippen LogP contribution is 2.21. The molecule has 1 saturated heterocycles. The molecule has 3 N–H and O–H groups in total. The Kier molecular flexibility index (Phi) is 7.51. The zero-order valence-corrected chi connectivity index (χ0v) is 14.0. The van der Waals surface area contributed by atoms with Gasteiger partial charge in [0.2, 0.25) is 11.0 Å². The Hall–Kier alpha value is -0.760. The Bertz CT molecular complexity index is 449. The number of hydrogen-bond donors (Lipinski definition) is 2. The van der Waals surface area contributed by atoms with Gasteiger partial charge in [-0.1, -0.05) is 25.2 Å². The van der Waals surface area contributed by atoms with Crippen LogP contribution in [0.5, 0.6) is 0 Å². The standard InChI is InChI=1S/C13H22N4O2S.ClH/c1-8(2)7-10-16-17-13(20-10)15-12(18)11(14)9-3-5-19-6-4-9;/h8-9,11H,3-7,14H2,1-2H3,(H,15,17,18);1H. The molecule has 1 fully saturated rings. The van der Waals surface area contributed by atoms with Crippen LogP contribution < -0.4 is 11.1 Å². The minimum atomic E-state index is -0.503. The molecule has 8 heteroatoms. The fourth-order valence-electron chi connectivity index (χ4n) is 2.21. The average molecular weight is 335 g/mol. The Morgan fingerprint density at radius 1 is 1.43 bits per heavy atom. The van der Waals surface area contributed by atoms with Gasteiger partial charge in [-0.15, -0.1) is 22.6 Å². The third-order valence-electron chi connectivity index (χ3n) is 3.36. The van der Waals surface area contributed by atoms with Crippen LogP contribution in [0, 0.1) is 11.8 Å². The molecule has 1 aromatic rings. The van der Waals surface area contributed by atoms with Crippen LogP contribution in [-0.2, 0) is 16.0 Å². The van der Waals surface area contributed by atoms with E-state index in [2.05, 4.69) is 29.4 Å². The van der Waals surface area contributed by atoms with Crippen molar-refractivity contribution >= 4 is 34.8 Å². The number of nitrogens with zero attached hydrogens (tertiary/aromatic N) is 2. The van der Waals surface area contributed by atoms with Gasteiger partial charge in [0.05, 0.1) is 6.04 Å². The summed E-state index contributed by atoms with van der Waals surface area (Å²) < 4.78 is 5.28. The van der Waals surface area contributed by atoms with Gasteiger partial charge in [-0.3, -0.25) is 10.1 Å². The second kappa shape index (κ2) is 8.63. The molecule has 1 aliphatic rings. The van der Waals surface area contributed by atoms with Gasteiger partial charge in [0.1, 0.15) is 5.01 Å². The predicted octanol–water partition coefficient (Wildman–Crippen LogP) is 1.85. The van der Waals surface area contributed by atoms with Crippen LogP contribution in [0.4, 0.5) is 5.13 Å². The van der Waals surface area contributed by atoms with E-state index in [9.17, 15) is 4.79 Å². The van der Waals surface area contributed by atoms with E-state index in [0.717, 1.165) is 24.3 Å². The number of hydrogen-bond acceptors (Lipinski definition) is 6. The first-order chi connectivity index (χ1) is 9.56. The molecule has 0 spiro atoms. The molecule has 2 rings (SSSR count). The Balaban J connectivity index is 0.00000220. The quantitative estimate of drug-likeness (QED) is 0.857. The number of carbonyl (C=O) groups excluding carboxylic acids is 1. The second-order valence-electron chi connectivity index (χ2n) is 5.56. The SMILES string of the molecule is CC(C)Cc1nnc(NC(=O)C(N)C2CCOCC2)s1.Cl. The van der Waals surface area contributed by atoms with Crippen molar-refractivity contribution in [3.05, 3.63) is 5.01 Å². The van der Waals surface area contributed by atoms with Crippen molar-refractivity contribution in [3.8, 4) is 0 Å². The lowest BCUT2D eigenvalue weighted by atomic mass is 9.92. The van der Waals surface area contributed by atoms with E-state index in [1.54, 1.807) is 0 Å². The van der Waals surface area contributed by atoms with Crippen LogP contribution in [0.2, 0.25) is 0 Å². The van der Waals surface area contributed by atoms with Gasteiger partial charge in [-0.25, -0.2) is 0 Å². The number of ether oxygens (including phenoxy) is 1. The van der Waals surface area contributed by atoms with E-state index < -0.39 is 6.04 Å². The highest BCUT2D eigenvalue weighted by atomic mass is 35.5. The zero-order valence-electron chi connectivity index (χ0n) is 12.4. The lowest BCUT2D eigenvalue weighted by Gasteiger charge is -2.26. The van der Waals surface area contributed by atoms with Crippen LogP contribution in [0.3, 0.4) is 0 Å². The number of nitrogens with one attached hydrogen (secondary N) is 1. The Morgan fingerprint density at radius 3 is 2.71 bits per heavy atom. The number of rotatable bonds is 5. The maximum absolute atomic E-state index is 12.1. The minimum Gasteiger partial charge on any atom is -0.381 e. The zero-order chi connectivity index (χ0) is 14.5. The first kappa shape index (κ1) is 18.3. The first-order valence-electron chi connectivity index (χ1n) is 7.03. The fraction of sp³-hybridized carbons (Fsp3) is 0.769. The van der Waals surface area contributed by atoms with E-state index >= 15 is 0 Å². The topological polar surface area (TPSA) is 90.1 Å². The highest BCUT2D eigenvalue weighted by molar-refractivity contribution is 7.15. The number of anilines is 1. The molecule has 0 aromatic carbocycles. The van der Waals surface area contributed by atoms with Gasteiger partial charge in [0, 0.05) is 19.6 Å². The van der Waals surface area contributed by atoms with Gasteiger partial charge in [0.25, 0.3) is 0 Å². The molecule has 1 aromatic heterocycles. The summed E-state index contributed by atoms with van der Waals surface area (Å²) in [5.41, 5.74) is 6.02. The van der Waals surface area contributed by atoms with Crippen LogP contribution in [-0.4, -0.2) is 35.4 Å². The first-order valence-corrected chi connectivity index (χ1v) is 7.84. The normalized spacial score (nSPS) is 17.3. The largest absolute Gasteiger partial charge is 0.381 e. The lowest BCUT2D eigenvalue weighted by Crippen LogP contribution is -2.43. The highest BCUT2D eigenvalue weighted by Gasteiger charge is 2.27. The third-order valence-corrected chi connectivity index (χ3v) is 4.22. The van der Waals surface area contributed by atoms with E-state index in [1.807, 2.05) is 0 Å². The summed E-state index contributed by atoms with van der Waals surface area (Å²) in [5, 5.41) is 12.3. The minimum absolute atomic E-state index is 0. The van der Waals surface area contributed by atoms with Gasteiger partial charge in [0.15, 0.2) is 0 Å². The Morgan fingerprint density at radius 2 is 2.10 bits per heavy atom. The van der Waals surface area contributed by atoms with Crippen molar-refractivity contribution in [1.29, 1.82) is 0 Å². The molecular formula is C13H23ClN4O2S. The molecular weight excluding hydrogens is 312 g/mol. The van der Waals surface area contributed by atoms with Crippen LogP contribution >= 0.6 is 23.7 Å². The van der Waals surface area contributed by atoms with Crippen LogP contribution in [0.15, 0.2) is 0 Å². The summed E-state index contributed by atoms with van der Waals surface area (Å²) in [6.45, 7) is 5.62. The van der Waals surface area contributed by atoms with Gasteiger partial charge in [-0.2, -0.15) is 0 Å². The van der Waals surface area contributed by atoms with E-state index in [0.29, 0.717) is 24.3 Å². The van der Waals surface area contributed by atoms with Crippen LogP contribution in [0.25, 0.3) is 0 Å². The summed E-state index contributed by atoms with van der Waals surface area (Å²) in [6, 6.07) is -0.503. The van der Waals surface area contributed by atoms with Crippen molar-refractivity contribution in [2.24, 2.45) is 17.6 Å². The second-order valence-corrected chi connectivity index (χ2v) is 6.63. The molecule has 1 atom stereocenters. The van der Waals surface area contributed by atoms with Crippen molar-refractivity contribution in [2.45, 2.75) is 39.2 Å². The van der Waals surface area contributed by atoms with Gasteiger partial charge < -0.3 is 10.5 Å². The lowest BCUT2D eigenvalue weighted by molar-refractivity contribution is -0.119. The van der Waals surface area contributed by atoms with Gasteiger partial charge >= 0.3 is 0 Å². The summed E-state index contributed by atoms with van der Waals surface area (Å²) in [7, 11) is 0. The van der Waals surface area contributed by atoms with E-state index in [1.165, 1.54) is 11.3 Å². The molecule has 6 nitrogen and oxygen atoms in total. The molecule has 0 bridgehead atoms. The summed E-state index contributed by atoms with van der Waals surface area (Å²) >= 11 is 1.42.